The highest BCUT2D eigenvalue weighted by atomic mass is 79.9. The first-order valence-electron chi connectivity index (χ1n) is 6.40. The van der Waals surface area contributed by atoms with E-state index in [0.29, 0.717) is 5.92 Å². The van der Waals surface area contributed by atoms with Crippen molar-refractivity contribution in [2.24, 2.45) is 0 Å². The van der Waals surface area contributed by atoms with Crippen molar-refractivity contribution in [3.63, 3.8) is 0 Å². The molecule has 0 aliphatic rings. The van der Waals surface area contributed by atoms with Crippen LogP contribution in [-0.2, 0) is 0 Å². The van der Waals surface area contributed by atoms with Crippen LogP contribution in [0.4, 0.5) is 5.82 Å². The van der Waals surface area contributed by atoms with E-state index in [-0.39, 0.29) is 0 Å². The lowest BCUT2D eigenvalue weighted by Crippen LogP contribution is -2.08. The van der Waals surface area contributed by atoms with Crippen molar-refractivity contribution in [3.05, 3.63) is 27.3 Å². The fraction of sp³-hybridized carbons (Fsp3) is 0.429. The summed E-state index contributed by atoms with van der Waals surface area (Å²) in [6.45, 7) is 9.25. The molecule has 0 fully saturated rings. The first kappa shape index (κ1) is 14.5. The van der Waals surface area contributed by atoms with Gasteiger partial charge < -0.3 is 5.32 Å². The molecule has 2 aromatic rings. The average Bonchev–Trinajstić information content (AvgIpc) is 2.78. The molecule has 0 aromatic carbocycles. The molecule has 19 heavy (non-hydrogen) atoms. The van der Waals surface area contributed by atoms with E-state index in [4.69, 9.17) is 4.98 Å². The summed E-state index contributed by atoms with van der Waals surface area (Å²) in [5.74, 6) is 2.14. The van der Waals surface area contributed by atoms with Crippen LogP contribution in [0.5, 0.6) is 0 Å². The molecule has 2 aromatic heterocycles. The molecule has 0 amide bonds. The van der Waals surface area contributed by atoms with Gasteiger partial charge in [0.2, 0.25) is 0 Å². The third kappa shape index (κ3) is 2.98. The number of nitrogens with zero attached hydrogens (tertiary/aromatic N) is 2. The molecule has 0 spiro atoms. The topological polar surface area (TPSA) is 37.8 Å². The van der Waals surface area contributed by atoms with Crippen LogP contribution in [0, 0.1) is 6.92 Å². The van der Waals surface area contributed by atoms with Crippen molar-refractivity contribution < 1.29 is 0 Å². The van der Waals surface area contributed by atoms with Crippen molar-refractivity contribution in [1.82, 2.24) is 9.97 Å². The average molecular weight is 340 g/mol. The Labute approximate surface area is 126 Å². The van der Waals surface area contributed by atoms with Crippen molar-refractivity contribution in [2.45, 2.75) is 33.6 Å². The molecule has 0 saturated heterocycles. The zero-order chi connectivity index (χ0) is 14.0. The monoisotopic (exact) mass is 339 g/mol. The summed E-state index contributed by atoms with van der Waals surface area (Å²) in [4.78, 5) is 10.5. The molecule has 0 aliphatic carbocycles. The van der Waals surface area contributed by atoms with E-state index in [2.05, 4.69) is 65.4 Å². The number of hydrogen-bond acceptors (Lipinski definition) is 4. The van der Waals surface area contributed by atoms with Gasteiger partial charge in [-0.1, -0.05) is 13.8 Å². The van der Waals surface area contributed by atoms with Gasteiger partial charge >= 0.3 is 0 Å². The maximum atomic E-state index is 4.75. The van der Waals surface area contributed by atoms with E-state index in [1.165, 1.54) is 4.88 Å². The van der Waals surface area contributed by atoms with Gasteiger partial charge in [0, 0.05) is 22.5 Å². The zero-order valence-electron chi connectivity index (χ0n) is 11.6. The molecule has 0 saturated carbocycles. The predicted molar refractivity (Wildman–Crippen MR) is 86.0 cm³/mol. The van der Waals surface area contributed by atoms with Crippen LogP contribution in [0.25, 0.3) is 10.6 Å². The Morgan fingerprint density at radius 3 is 2.63 bits per heavy atom. The molecule has 5 heteroatoms. The van der Waals surface area contributed by atoms with E-state index in [1.807, 2.05) is 0 Å². The van der Waals surface area contributed by atoms with Crippen LogP contribution < -0.4 is 5.32 Å². The summed E-state index contributed by atoms with van der Waals surface area (Å²) in [7, 11) is 0. The van der Waals surface area contributed by atoms with Gasteiger partial charge in [-0.2, -0.15) is 0 Å². The summed E-state index contributed by atoms with van der Waals surface area (Å²) >= 11 is 5.29. The second kappa shape index (κ2) is 6.01. The molecule has 1 N–H and O–H groups in total. The van der Waals surface area contributed by atoms with Gasteiger partial charge in [-0.25, -0.2) is 9.97 Å². The molecule has 102 valence electrons. The highest BCUT2D eigenvalue weighted by Gasteiger charge is 2.16. The molecule has 0 aliphatic heterocycles. The lowest BCUT2D eigenvalue weighted by molar-refractivity contribution is 0.774. The van der Waals surface area contributed by atoms with E-state index < -0.39 is 0 Å². The third-order valence-corrected chi connectivity index (χ3v) is 4.70. The van der Waals surface area contributed by atoms with Crippen molar-refractivity contribution in [2.75, 3.05) is 11.9 Å². The van der Waals surface area contributed by atoms with Crippen molar-refractivity contribution >= 4 is 33.1 Å². The number of anilines is 1. The van der Waals surface area contributed by atoms with Crippen LogP contribution in [0.3, 0.4) is 0 Å². The Kier molecular flexibility index (Phi) is 4.58. The second-order valence-corrected chi connectivity index (χ2v) is 6.46. The Bertz CT molecular complexity index is 578. The fourth-order valence-electron chi connectivity index (χ4n) is 1.82. The normalized spacial score (nSPS) is 11.1. The maximum Gasteiger partial charge on any atom is 0.134 e. The molecule has 3 nitrogen and oxygen atoms in total. The first-order chi connectivity index (χ1) is 9.04. The Balaban J connectivity index is 2.62. The summed E-state index contributed by atoms with van der Waals surface area (Å²) in [5, 5.41) is 5.40. The quantitative estimate of drug-likeness (QED) is 0.866. The van der Waals surface area contributed by atoms with Gasteiger partial charge in [0.15, 0.2) is 0 Å². The third-order valence-electron chi connectivity index (χ3n) is 2.86. The van der Waals surface area contributed by atoms with E-state index in [0.717, 1.165) is 33.9 Å². The standard InChI is InChI=1S/C14H18BrN3S/c1-5-16-14-9(4)11(12-10(15)6-7-19-12)17-13(18-14)8(2)3/h6-8H,5H2,1-4H3,(H,16,17,18). The lowest BCUT2D eigenvalue weighted by Gasteiger charge is -2.14. The molecule has 2 rings (SSSR count). The van der Waals surface area contributed by atoms with Gasteiger partial charge in [-0.15, -0.1) is 11.3 Å². The summed E-state index contributed by atoms with van der Waals surface area (Å²) in [5.41, 5.74) is 2.13. The highest BCUT2D eigenvalue weighted by Crippen LogP contribution is 2.36. The minimum atomic E-state index is 0.315. The summed E-state index contributed by atoms with van der Waals surface area (Å²) in [6.07, 6.45) is 0. The SMILES string of the molecule is CCNc1nc(C(C)C)nc(-c2sccc2Br)c1C. The smallest absolute Gasteiger partial charge is 0.134 e. The van der Waals surface area contributed by atoms with Crippen LogP contribution in [-0.4, -0.2) is 16.5 Å². The number of aromatic nitrogens is 2. The molecule has 0 bridgehead atoms. The Hall–Kier alpha value is -0.940. The van der Waals surface area contributed by atoms with Crippen LogP contribution in [0.1, 0.15) is 38.1 Å². The molecule has 0 radical (unpaired) electrons. The minimum absolute atomic E-state index is 0.315. The first-order valence-corrected chi connectivity index (χ1v) is 8.07. The van der Waals surface area contributed by atoms with Crippen molar-refractivity contribution in [1.29, 1.82) is 0 Å². The molecule has 2 heterocycles. The minimum Gasteiger partial charge on any atom is -0.370 e. The lowest BCUT2D eigenvalue weighted by atomic mass is 10.1. The van der Waals surface area contributed by atoms with Gasteiger partial charge in [-0.3, -0.25) is 0 Å². The highest BCUT2D eigenvalue weighted by molar-refractivity contribution is 9.10. The van der Waals surface area contributed by atoms with E-state index in [1.54, 1.807) is 11.3 Å². The number of thiophene rings is 1. The summed E-state index contributed by atoms with van der Waals surface area (Å²) in [6, 6.07) is 2.06. The van der Waals surface area contributed by atoms with Gasteiger partial charge in [0.25, 0.3) is 0 Å². The molecule has 0 unspecified atom stereocenters. The fourth-order valence-corrected chi connectivity index (χ4v) is 3.42. The van der Waals surface area contributed by atoms with Gasteiger partial charge in [0.1, 0.15) is 11.6 Å². The predicted octanol–water partition coefficient (Wildman–Crippen LogP) is 4.83. The number of halogens is 1. The summed E-state index contributed by atoms with van der Waals surface area (Å²) < 4.78 is 1.09. The van der Waals surface area contributed by atoms with Gasteiger partial charge in [-0.05, 0) is 41.2 Å². The van der Waals surface area contributed by atoms with Gasteiger partial charge in [0.05, 0.1) is 10.6 Å². The maximum absolute atomic E-state index is 4.75. The number of hydrogen-bond donors (Lipinski definition) is 1. The largest absolute Gasteiger partial charge is 0.370 e. The van der Waals surface area contributed by atoms with Crippen molar-refractivity contribution in [3.8, 4) is 10.6 Å². The van der Waals surface area contributed by atoms with E-state index in [9.17, 15) is 0 Å². The van der Waals surface area contributed by atoms with Crippen LogP contribution in [0.15, 0.2) is 15.9 Å². The molecular weight excluding hydrogens is 322 g/mol. The Morgan fingerprint density at radius 2 is 2.11 bits per heavy atom. The molecule has 0 atom stereocenters. The van der Waals surface area contributed by atoms with E-state index >= 15 is 0 Å². The number of nitrogens with one attached hydrogen (secondary N) is 1. The van der Waals surface area contributed by atoms with Crippen LogP contribution >= 0.6 is 27.3 Å². The second-order valence-electron chi connectivity index (χ2n) is 4.69. The van der Waals surface area contributed by atoms with Crippen LogP contribution in [0.2, 0.25) is 0 Å². The Morgan fingerprint density at radius 1 is 1.37 bits per heavy atom. The number of rotatable bonds is 4. The molecular formula is C14H18BrN3S. The zero-order valence-corrected chi connectivity index (χ0v) is 14.0.